The highest BCUT2D eigenvalue weighted by Gasteiger charge is 2.27. The number of fused-ring (bicyclic) bond motifs is 1. The molecule has 0 bridgehead atoms. The molecule has 3 rings (SSSR count). The van der Waals surface area contributed by atoms with Gasteiger partial charge in [-0.25, -0.2) is 4.98 Å². The van der Waals surface area contributed by atoms with E-state index in [4.69, 9.17) is 0 Å². The average Bonchev–Trinajstić information content (AvgIpc) is 2.71. The first-order valence-corrected chi connectivity index (χ1v) is 9.66. The molecule has 6 nitrogen and oxygen atoms in total. The van der Waals surface area contributed by atoms with Gasteiger partial charge in [0, 0.05) is 11.6 Å². The molecule has 0 atom stereocenters. The monoisotopic (exact) mass is 433 g/mol. The minimum Gasteiger partial charge on any atom is -0.367 e. The average molecular weight is 433 g/mol. The number of hydrogen-bond acceptors (Lipinski definition) is 4. The van der Waals surface area contributed by atoms with Gasteiger partial charge in [0.15, 0.2) is 0 Å². The number of hydrogen-bond donors (Lipinski definition) is 1. The second-order valence-corrected chi connectivity index (χ2v) is 7.36. The number of ether oxygens (including phenoxy) is 1. The van der Waals surface area contributed by atoms with E-state index in [1.807, 2.05) is 13.8 Å². The zero-order valence-electron chi connectivity index (χ0n) is 17.1. The summed E-state index contributed by atoms with van der Waals surface area (Å²) in [5.74, 6) is 0.0801. The van der Waals surface area contributed by atoms with E-state index in [1.165, 1.54) is 0 Å². The number of H-pyrrole nitrogens is 1. The van der Waals surface area contributed by atoms with Gasteiger partial charge in [-0.05, 0) is 43.7 Å². The number of benzene rings is 2. The molecule has 1 N–H and O–H groups in total. The van der Waals surface area contributed by atoms with Crippen molar-refractivity contribution in [1.82, 2.24) is 14.9 Å². The van der Waals surface area contributed by atoms with Gasteiger partial charge < -0.3 is 14.6 Å². The lowest BCUT2D eigenvalue weighted by Gasteiger charge is -2.26. The number of carbonyl (C=O) groups is 1. The number of amides is 1. The van der Waals surface area contributed by atoms with Crippen LogP contribution in [0.25, 0.3) is 10.9 Å². The molecular weight excluding hydrogens is 411 g/mol. The normalized spacial score (nSPS) is 11.8. The van der Waals surface area contributed by atoms with E-state index < -0.39 is 12.8 Å². The molecule has 0 aliphatic rings. The number of aromatic nitrogens is 2. The standard InChI is InChI=1S/C22H22F3N3O3/c1-14(2)28(11-19-26-18-6-4-3-5-17(18)20(29)27-19)21(30)16-9-7-15(8-10-16)12-31-13-22(23,24)25/h3-10,14H,11-13H2,1-2H3,(H,26,27,29). The van der Waals surface area contributed by atoms with Crippen LogP contribution >= 0.6 is 0 Å². The molecule has 0 spiro atoms. The van der Waals surface area contributed by atoms with Crippen LogP contribution in [0.5, 0.6) is 0 Å². The minimum absolute atomic E-state index is 0.104. The van der Waals surface area contributed by atoms with Gasteiger partial charge in [0.05, 0.1) is 24.1 Å². The lowest BCUT2D eigenvalue weighted by molar-refractivity contribution is -0.176. The molecule has 1 aromatic heterocycles. The smallest absolute Gasteiger partial charge is 0.367 e. The fourth-order valence-corrected chi connectivity index (χ4v) is 3.05. The quantitative estimate of drug-likeness (QED) is 0.610. The van der Waals surface area contributed by atoms with Crippen LogP contribution in [0.4, 0.5) is 13.2 Å². The predicted octanol–water partition coefficient (Wildman–Crippen LogP) is 4.05. The van der Waals surface area contributed by atoms with Crippen molar-refractivity contribution in [3.05, 3.63) is 75.8 Å². The minimum atomic E-state index is -4.38. The summed E-state index contributed by atoms with van der Waals surface area (Å²) >= 11 is 0. The first-order valence-electron chi connectivity index (χ1n) is 9.66. The van der Waals surface area contributed by atoms with Gasteiger partial charge in [0.2, 0.25) is 0 Å². The largest absolute Gasteiger partial charge is 0.411 e. The second-order valence-electron chi connectivity index (χ2n) is 7.36. The molecule has 0 saturated heterocycles. The summed E-state index contributed by atoms with van der Waals surface area (Å²) in [7, 11) is 0. The van der Waals surface area contributed by atoms with Gasteiger partial charge in [0.25, 0.3) is 11.5 Å². The molecule has 2 aromatic carbocycles. The number of nitrogens with zero attached hydrogens (tertiary/aromatic N) is 2. The van der Waals surface area contributed by atoms with Crippen molar-refractivity contribution < 1.29 is 22.7 Å². The van der Waals surface area contributed by atoms with Gasteiger partial charge in [-0.15, -0.1) is 0 Å². The first-order chi connectivity index (χ1) is 14.6. The fraction of sp³-hybridized carbons (Fsp3) is 0.318. The summed E-state index contributed by atoms with van der Waals surface area (Å²) in [4.78, 5) is 34.0. The van der Waals surface area contributed by atoms with Crippen LogP contribution in [0.1, 0.15) is 35.6 Å². The van der Waals surface area contributed by atoms with E-state index in [9.17, 15) is 22.8 Å². The van der Waals surface area contributed by atoms with Crippen LogP contribution in [0.15, 0.2) is 53.3 Å². The Bertz CT molecular complexity index is 1110. The number of halogens is 3. The summed E-state index contributed by atoms with van der Waals surface area (Å²) in [6.45, 7) is 2.26. The number of rotatable bonds is 7. The predicted molar refractivity (Wildman–Crippen MR) is 110 cm³/mol. The molecule has 31 heavy (non-hydrogen) atoms. The van der Waals surface area contributed by atoms with Crippen LogP contribution in [-0.2, 0) is 17.9 Å². The zero-order chi connectivity index (χ0) is 22.6. The van der Waals surface area contributed by atoms with Crippen molar-refractivity contribution in [2.45, 2.75) is 39.2 Å². The van der Waals surface area contributed by atoms with E-state index in [2.05, 4.69) is 14.7 Å². The van der Waals surface area contributed by atoms with Gasteiger partial charge in [-0.3, -0.25) is 9.59 Å². The molecule has 0 radical (unpaired) electrons. The summed E-state index contributed by atoms with van der Waals surface area (Å²) in [5, 5.41) is 0.469. The highest BCUT2D eigenvalue weighted by molar-refractivity contribution is 5.94. The Kier molecular flexibility index (Phi) is 6.74. The van der Waals surface area contributed by atoms with Gasteiger partial charge in [-0.1, -0.05) is 24.3 Å². The number of aromatic amines is 1. The van der Waals surface area contributed by atoms with Crippen molar-refractivity contribution in [2.24, 2.45) is 0 Å². The van der Waals surface area contributed by atoms with Gasteiger partial charge in [-0.2, -0.15) is 13.2 Å². The third-order valence-corrected chi connectivity index (χ3v) is 4.60. The SMILES string of the molecule is CC(C)N(Cc1nc2ccccc2c(=O)[nH]1)C(=O)c1ccc(COCC(F)(F)F)cc1. The number of nitrogens with one attached hydrogen (secondary N) is 1. The van der Waals surface area contributed by atoms with Crippen molar-refractivity contribution in [2.75, 3.05) is 6.61 Å². The molecule has 1 amide bonds. The molecule has 0 fully saturated rings. The summed E-state index contributed by atoms with van der Waals surface area (Å²) in [6.07, 6.45) is -4.38. The molecular formula is C22H22F3N3O3. The third-order valence-electron chi connectivity index (χ3n) is 4.60. The lowest BCUT2D eigenvalue weighted by atomic mass is 10.1. The number of para-hydroxylation sites is 1. The van der Waals surface area contributed by atoms with Gasteiger partial charge >= 0.3 is 6.18 Å². The number of alkyl halides is 3. The zero-order valence-corrected chi connectivity index (χ0v) is 17.1. The Hall–Kier alpha value is -3.20. The molecule has 0 saturated carbocycles. The maximum atomic E-state index is 13.0. The molecule has 9 heteroatoms. The van der Waals surface area contributed by atoms with E-state index in [0.717, 1.165) is 0 Å². The van der Waals surface area contributed by atoms with Crippen LogP contribution in [0.3, 0.4) is 0 Å². The van der Waals surface area contributed by atoms with Crippen LogP contribution in [-0.4, -0.2) is 39.6 Å². The Morgan fingerprint density at radius 2 is 1.81 bits per heavy atom. The number of carbonyl (C=O) groups excluding carboxylic acids is 1. The Morgan fingerprint density at radius 1 is 1.13 bits per heavy atom. The molecule has 3 aromatic rings. The second kappa shape index (κ2) is 9.30. The maximum absolute atomic E-state index is 13.0. The summed E-state index contributed by atoms with van der Waals surface area (Å²) in [6, 6.07) is 13.0. The highest BCUT2D eigenvalue weighted by atomic mass is 19.4. The van der Waals surface area contributed by atoms with Crippen molar-refractivity contribution in [3.8, 4) is 0 Å². The van der Waals surface area contributed by atoms with Crippen molar-refractivity contribution in [3.63, 3.8) is 0 Å². The third kappa shape index (κ3) is 5.91. The maximum Gasteiger partial charge on any atom is 0.411 e. The van der Waals surface area contributed by atoms with E-state index in [-0.39, 0.29) is 30.7 Å². The molecule has 164 valence electrons. The van der Waals surface area contributed by atoms with E-state index in [1.54, 1.807) is 53.4 Å². The van der Waals surface area contributed by atoms with E-state index in [0.29, 0.717) is 27.9 Å². The van der Waals surface area contributed by atoms with Crippen molar-refractivity contribution in [1.29, 1.82) is 0 Å². The first kappa shape index (κ1) is 22.5. The summed E-state index contributed by atoms with van der Waals surface area (Å²) in [5.41, 5.74) is 1.16. The lowest BCUT2D eigenvalue weighted by Crippen LogP contribution is -2.37. The van der Waals surface area contributed by atoms with Crippen LogP contribution in [0.2, 0.25) is 0 Å². The van der Waals surface area contributed by atoms with Crippen LogP contribution in [0, 0.1) is 0 Å². The summed E-state index contributed by atoms with van der Waals surface area (Å²) < 4.78 is 41.2. The van der Waals surface area contributed by atoms with Crippen LogP contribution < -0.4 is 5.56 Å². The molecule has 1 heterocycles. The topological polar surface area (TPSA) is 75.3 Å². The van der Waals surface area contributed by atoms with Crippen molar-refractivity contribution >= 4 is 16.8 Å². The molecule has 0 aliphatic carbocycles. The Balaban J connectivity index is 1.74. The Labute approximate surface area is 176 Å². The van der Waals surface area contributed by atoms with Gasteiger partial charge in [0.1, 0.15) is 12.4 Å². The Morgan fingerprint density at radius 3 is 2.45 bits per heavy atom. The fourth-order valence-electron chi connectivity index (χ4n) is 3.05. The molecule has 0 aliphatic heterocycles. The highest BCUT2D eigenvalue weighted by Crippen LogP contribution is 2.17. The molecule has 0 unspecified atom stereocenters. The van der Waals surface area contributed by atoms with E-state index >= 15 is 0 Å².